The van der Waals surface area contributed by atoms with Crippen molar-refractivity contribution in [2.45, 2.75) is 69.4 Å². The van der Waals surface area contributed by atoms with E-state index in [0.717, 1.165) is 5.92 Å². The maximum Gasteiger partial charge on any atom is 0.0363 e. The summed E-state index contributed by atoms with van der Waals surface area (Å²) in [6, 6.07) is 0.480. The van der Waals surface area contributed by atoms with Crippen LogP contribution < -0.4 is 5.73 Å². The van der Waals surface area contributed by atoms with E-state index in [2.05, 4.69) is 4.90 Å². The molecule has 1 heterocycles. The van der Waals surface area contributed by atoms with E-state index >= 15 is 0 Å². The van der Waals surface area contributed by atoms with Crippen molar-refractivity contribution in [2.75, 3.05) is 13.1 Å². The molecule has 1 saturated heterocycles. The summed E-state index contributed by atoms with van der Waals surface area (Å²) >= 11 is 0. The third-order valence-electron chi connectivity index (χ3n) is 5.21. The first kappa shape index (κ1) is 11.0. The van der Waals surface area contributed by atoms with E-state index in [0.29, 0.717) is 11.6 Å². The molecule has 0 aromatic carbocycles. The maximum atomic E-state index is 6.61. The molecule has 1 unspecified atom stereocenters. The normalized spacial score (nSPS) is 32.8. The lowest BCUT2D eigenvalue weighted by Crippen LogP contribution is -2.60. The highest BCUT2D eigenvalue weighted by Gasteiger charge is 2.49. The molecule has 2 N–H and O–H groups in total. The molecule has 2 nitrogen and oxygen atoms in total. The lowest BCUT2D eigenvalue weighted by molar-refractivity contribution is 0.0420. The van der Waals surface area contributed by atoms with Crippen LogP contribution in [-0.4, -0.2) is 29.6 Å². The highest BCUT2D eigenvalue weighted by Crippen LogP contribution is 2.46. The zero-order valence-electron chi connectivity index (χ0n) is 10.5. The van der Waals surface area contributed by atoms with Gasteiger partial charge in [-0.05, 0) is 57.5 Å². The van der Waals surface area contributed by atoms with Gasteiger partial charge in [0.15, 0.2) is 0 Å². The van der Waals surface area contributed by atoms with Gasteiger partial charge in [-0.1, -0.05) is 19.3 Å². The molecule has 0 bridgehead atoms. The molecule has 0 aromatic heterocycles. The minimum atomic E-state index is 0.418. The summed E-state index contributed by atoms with van der Waals surface area (Å²) in [5, 5.41) is 0. The van der Waals surface area contributed by atoms with Crippen molar-refractivity contribution in [1.29, 1.82) is 0 Å². The molecule has 16 heavy (non-hydrogen) atoms. The van der Waals surface area contributed by atoms with Crippen LogP contribution in [0.4, 0.5) is 0 Å². The lowest BCUT2D eigenvalue weighted by Gasteiger charge is -2.47. The molecule has 1 atom stereocenters. The molecule has 3 rings (SSSR count). The Morgan fingerprint density at radius 1 is 0.938 bits per heavy atom. The standard InChI is InChI=1S/C14H26N2/c15-13(12-6-7-12)14(8-2-3-9-14)16-10-4-1-5-11-16/h12-13H,1-11,15H2. The first-order valence-corrected chi connectivity index (χ1v) is 7.34. The van der Waals surface area contributed by atoms with E-state index in [1.807, 2.05) is 0 Å². The summed E-state index contributed by atoms with van der Waals surface area (Å²) in [6.07, 6.45) is 12.6. The molecule has 0 aromatic rings. The Morgan fingerprint density at radius 2 is 1.56 bits per heavy atom. The summed E-state index contributed by atoms with van der Waals surface area (Å²) in [6.45, 7) is 2.64. The van der Waals surface area contributed by atoms with Crippen LogP contribution in [-0.2, 0) is 0 Å². The van der Waals surface area contributed by atoms with Gasteiger partial charge in [-0.3, -0.25) is 4.90 Å². The quantitative estimate of drug-likeness (QED) is 0.795. The van der Waals surface area contributed by atoms with Crippen LogP contribution in [0.25, 0.3) is 0 Å². The predicted octanol–water partition coefficient (Wildman–Crippen LogP) is 2.52. The molecule has 3 aliphatic rings. The average Bonchev–Trinajstić information content (AvgIpc) is 3.07. The third-order valence-corrected chi connectivity index (χ3v) is 5.21. The number of nitrogens with two attached hydrogens (primary N) is 1. The summed E-state index contributed by atoms with van der Waals surface area (Å²) in [4.78, 5) is 2.78. The van der Waals surface area contributed by atoms with E-state index < -0.39 is 0 Å². The maximum absolute atomic E-state index is 6.61. The second kappa shape index (κ2) is 4.30. The third kappa shape index (κ3) is 1.80. The largest absolute Gasteiger partial charge is 0.326 e. The molecule has 0 radical (unpaired) electrons. The molecule has 0 amide bonds. The summed E-state index contributed by atoms with van der Waals surface area (Å²) < 4.78 is 0. The minimum Gasteiger partial charge on any atom is -0.326 e. The predicted molar refractivity (Wildman–Crippen MR) is 67.3 cm³/mol. The number of nitrogens with zero attached hydrogens (tertiary/aromatic N) is 1. The molecule has 0 spiro atoms. The number of piperidine rings is 1. The van der Waals surface area contributed by atoms with Crippen molar-refractivity contribution in [3.8, 4) is 0 Å². The number of likely N-dealkylation sites (tertiary alicyclic amines) is 1. The fraction of sp³-hybridized carbons (Fsp3) is 1.00. The number of rotatable bonds is 3. The monoisotopic (exact) mass is 222 g/mol. The molecule has 2 saturated carbocycles. The first-order valence-electron chi connectivity index (χ1n) is 7.34. The van der Waals surface area contributed by atoms with Gasteiger partial charge in [-0.25, -0.2) is 0 Å². The Labute approximate surface area is 99.6 Å². The second-order valence-electron chi connectivity index (χ2n) is 6.22. The van der Waals surface area contributed by atoms with Crippen LogP contribution in [0.15, 0.2) is 0 Å². The molecule has 3 fully saturated rings. The zero-order valence-corrected chi connectivity index (χ0v) is 10.5. The van der Waals surface area contributed by atoms with E-state index in [9.17, 15) is 0 Å². The summed E-state index contributed by atoms with van der Waals surface area (Å²) in [5.74, 6) is 0.861. The van der Waals surface area contributed by atoms with Crippen molar-refractivity contribution in [1.82, 2.24) is 4.90 Å². The highest BCUT2D eigenvalue weighted by atomic mass is 15.2. The van der Waals surface area contributed by atoms with Crippen LogP contribution in [0, 0.1) is 5.92 Å². The fourth-order valence-electron chi connectivity index (χ4n) is 4.08. The Balaban J connectivity index is 1.77. The van der Waals surface area contributed by atoms with Crippen molar-refractivity contribution in [3.63, 3.8) is 0 Å². The number of hydrogen-bond donors (Lipinski definition) is 1. The lowest BCUT2D eigenvalue weighted by atomic mass is 9.82. The zero-order chi connectivity index (χ0) is 11.0. The Morgan fingerprint density at radius 3 is 2.12 bits per heavy atom. The number of hydrogen-bond acceptors (Lipinski definition) is 2. The summed E-state index contributed by atoms with van der Waals surface area (Å²) in [7, 11) is 0. The Kier molecular flexibility index (Phi) is 2.97. The van der Waals surface area contributed by atoms with Gasteiger partial charge in [-0.15, -0.1) is 0 Å². The van der Waals surface area contributed by atoms with Crippen LogP contribution in [0.3, 0.4) is 0 Å². The van der Waals surface area contributed by atoms with Gasteiger partial charge in [0.2, 0.25) is 0 Å². The van der Waals surface area contributed by atoms with Gasteiger partial charge >= 0.3 is 0 Å². The SMILES string of the molecule is NC(C1CC1)C1(N2CCCCC2)CCCC1. The van der Waals surface area contributed by atoms with Gasteiger partial charge in [-0.2, -0.15) is 0 Å². The Hall–Kier alpha value is -0.0800. The topological polar surface area (TPSA) is 29.3 Å². The Bertz CT molecular complexity index is 235. The van der Waals surface area contributed by atoms with Crippen LogP contribution in [0.1, 0.15) is 57.8 Å². The second-order valence-corrected chi connectivity index (χ2v) is 6.22. The molecule has 2 heteroatoms. The van der Waals surface area contributed by atoms with Crippen LogP contribution >= 0.6 is 0 Å². The van der Waals surface area contributed by atoms with Gasteiger partial charge < -0.3 is 5.73 Å². The molecular weight excluding hydrogens is 196 g/mol. The van der Waals surface area contributed by atoms with Crippen molar-refractivity contribution in [2.24, 2.45) is 11.7 Å². The molecule has 2 aliphatic carbocycles. The van der Waals surface area contributed by atoms with Crippen molar-refractivity contribution in [3.05, 3.63) is 0 Å². The van der Waals surface area contributed by atoms with Crippen LogP contribution in [0.5, 0.6) is 0 Å². The van der Waals surface area contributed by atoms with Gasteiger partial charge in [0.1, 0.15) is 0 Å². The van der Waals surface area contributed by atoms with Crippen LogP contribution in [0.2, 0.25) is 0 Å². The van der Waals surface area contributed by atoms with E-state index in [4.69, 9.17) is 5.73 Å². The van der Waals surface area contributed by atoms with Gasteiger partial charge in [0.05, 0.1) is 0 Å². The van der Waals surface area contributed by atoms with E-state index in [1.54, 1.807) is 0 Å². The van der Waals surface area contributed by atoms with Crippen molar-refractivity contribution < 1.29 is 0 Å². The first-order chi connectivity index (χ1) is 7.83. The molecule has 1 aliphatic heterocycles. The average molecular weight is 222 g/mol. The minimum absolute atomic E-state index is 0.418. The molecular formula is C14H26N2. The van der Waals surface area contributed by atoms with Gasteiger partial charge in [0, 0.05) is 11.6 Å². The van der Waals surface area contributed by atoms with E-state index in [-0.39, 0.29) is 0 Å². The smallest absolute Gasteiger partial charge is 0.0363 e. The highest BCUT2D eigenvalue weighted by molar-refractivity contribution is 5.07. The fourth-order valence-corrected chi connectivity index (χ4v) is 4.08. The molecule has 92 valence electrons. The van der Waals surface area contributed by atoms with Gasteiger partial charge in [0.25, 0.3) is 0 Å². The summed E-state index contributed by atoms with van der Waals surface area (Å²) in [5.41, 5.74) is 7.03. The van der Waals surface area contributed by atoms with E-state index in [1.165, 1.54) is 70.9 Å². The van der Waals surface area contributed by atoms with Crippen molar-refractivity contribution >= 4 is 0 Å².